The summed E-state index contributed by atoms with van der Waals surface area (Å²) in [4.78, 5) is 0. The topological polar surface area (TPSA) is 81.4 Å². The Morgan fingerprint density at radius 2 is 1.93 bits per heavy atom. The molecular formula is C21H22N2O4S. The van der Waals surface area contributed by atoms with E-state index in [4.69, 9.17) is 4.74 Å². The van der Waals surface area contributed by atoms with Gasteiger partial charge in [-0.1, -0.05) is 30.3 Å². The van der Waals surface area contributed by atoms with Gasteiger partial charge in [0.05, 0.1) is 24.3 Å². The molecule has 0 saturated heterocycles. The van der Waals surface area contributed by atoms with Gasteiger partial charge in [0.15, 0.2) is 0 Å². The van der Waals surface area contributed by atoms with Gasteiger partial charge in [0.25, 0.3) is 10.0 Å². The average Bonchev–Trinajstić information content (AvgIpc) is 3.44. The second kappa shape index (κ2) is 7.41. The fraction of sp³-hybridized carbons (Fsp3) is 0.286. The molecule has 28 heavy (non-hydrogen) atoms. The number of aliphatic hydroxyl groups is 1. The molecule has 0 amide bonds. The fourth-order valence-corrected chi connectivity index (χ4v) is 4.66. The molecule has 146 valence electrons. The number of benzene rings is 2. The summed E-state index contributed by atoms with van der Waals surface area (Å²) >= 11 is 0. The van der Waals surface area contributed by atoms with Crippen molar-refractivity contribution < 1.29 is 18.3 Å². The molecule has 1 N–H and O–H groups in total. The molecule has 0 bridgehead atoms. The van der Waals surface area contributed by atoms with Crippen LogP contribution in [0.4, 0.5) is 0 Å². The summed E-state index contributed by atoms with van der Waals surface area (Å²) in [5.74, 6) is 0.646. The van der Waals surface area contributed by atoms with E-state index >= 15 is 0 Å². The van der Waals surface area contributed by atoms with Gasteiger partial charge in [-0.15, -0.1) is 0 Å². The van der Waals surface area contributed by atoms with Crippen molar-refractivity contribution in [3.63, 3.8) is 0 Å². The summed E-state index contributed by atoms with van der Waals surface area (Å²) in [5, 5.41) is 13.6. The van der Waals surface area contributed by atoms with E-state index in [2.05, 4.69) is 5.10 Å². The SMILES string of the molecule is Cc1cc(-c2cnn(S(=O)(=O)C3CC3)c2)cc(CO)c1OCc1ccccc1. The highest BCUT2D eigenvalue weighted by atomic mass is 32.2. The lowest BCUT2D eigenvalue weighted by atomic mass is 10.0. The Morgan fingerprint density at radius 1 is 1.18 bits per heavy atom. The highest BCUT2D eigenvalue weighted by Gasteiger charge is 2.37. The van der Waals surface area contributed by atoms with Gasteiger partial charge in [0.2, 0.25) is 0 Å². The molecule has 0 spiro atoms. The van der Waals surface area contributed by atoms with E-state index < -0.39 is 10.0 Å². The largest absolute Gasteiger partial charge is 0.488 e. The van der Waals surface area contributed by atoms with Crippen molar-refractivity contribution in [1.82, 2.24) is 9.19 Å². The van der Waals surface area contributed by atoms with Gasteiger partial charge in [0, 0.05) is 11.1 Å². The predicted molar refractivity (Wildman–Crippen MR) is 106 cm³/mol. The van der Waals surface area contributed by atoms with E-state index in [1.54, 1.807) is 6.20 Å². The summed E-state index contributed by atoms with van der Waals surface area (Å²) in [6.07, 6.45) is 4.46. The molecule has 0 radical (unpaired) electrons. The normalized spacial score (nSPS) is 14.2. The predicted octanol–water partition coefficient (Wildman–Crippen LogP) is 3.27. The van der Waals surface area contributed by atoms with Crippen LogP contribution < -0.4 is 4.74 Å². The Balaban J connectivity index is 1.61. The van der Waals surface area contributed by atoms with E-state index in [9.17, 15) is 13.5 Å². The first-order valence-electron chi connectivity index (χ1n) is 9.19. The second-order valence-corrected chi connectivity index (χ2v) is 9.13. The molecule has 1 fully saturated rings. The zero-order valence-electron chi connectivity index (χ0n) is 15.6. The number of hydrogen-bond acceptors (Lipinski definition) is 5. The molecule has 7 heteroatoms. The van der Waals surface area contributed by atoms with Gasteiger partial charge in [-0.2, -0.15) is 9.19 Å². The molecule has 6 nitrogen and oxygen atoms in total. The Morgan fingerprint density at radius 3 is 2.61 bits per heavy atom. The lowest BCUT2D eigenvalue weighted by Crippen LogP contribution is -2.17. The van der Waals surface area contributed by atoms with Crippen molar-refractivity contribution in [2.75, 3.05) is 0 Å². The smallest absolute Gasteiger partial charge is 0.256 e. The molecule has 0 unspecified atom stereocenters. The van der Waals surface area contributed by atoms with Crippen LogP contribution in [0, 0.1) is 6.92 Å². The molecule has 2 aromatic carbocycles. The van der Waals surface area contributed by atoms with Gasteiger partial charge in [-0.25, -0.2) is 8.42 Å². The first-order valence-corrected chi connectivity index (χ1v) is 10.7. The molecule has 0 atom stereocenters. The highest BCUT2D eigenvalue weighted by Crippen LogP contribution is 2.33. The Labute approximate surface area is 164 Å². The maximum atomic E-state index is 12.3. The van der Waals surface area contributed by atoms with Crippen LogP contribution in [-0.2, 0) is 23.2 Å². The third-order valence-electron chi connectivity index (χ3n) is 4.85. The average molecular weight is 398 g/mol. The quantitative estimate of drug-likeness (QED) is 0.661. The van der Waals surface area contributed by atoms with Crippen molar-refractivity contribution in [2.45, 2.75) is 38.2 Å². The first kappa shape index (κ1) is 18.7. The fourth-order valence-electron chi connectivity index (χ4n) is 3.18. The number of nitrogens with zero attached hydrogens (tertiary/aromatic N) is 2. The maximum Gasteiger partial charge on any atom is 0.256 e. The van der Waals surface area contributed by atoms with Crippen LogP contribution >= 0.6 is 0 Å². The van der Waals surface area contributed by atoms with E-state index in [-0.39, 0.29) is 11.9 Å². The van der Waals surface area contributed by atoms with E-state index in [0.717, 1.165) is 20.8 Å². The molecule has 1 aromatic heterocycles. The summed E-state index contributed by atoms with van der Waals surface area (Å²) in [7, 11) is -3.39. The first-order chi connectivity index (χ1) is 13.5. The zero-order valence-corrected chi connectivity index (χ0v) is 16.4. The number of aryl methyl sites for hydroxylation is 1. The van der Waals surface area contributed by atoms with Crippen LogP contribution in [0.15, 0.2) is 54.9 Å². The van der Waals surface area contributed by atoms with E-state index in [1.807, 2.05) is 49.4 Å². The monoisotopic (exact) mass is 398 g/mol. The Hall–Kier alpha value is -2.64. The van der Waals surface area contributed by atoms with Gasteiger partial charge in [-0.05, 0) is 48.6 Å². The van der Waals surface area contributed by atoms with Gasteiger partial charge in [0.1, 0.15) is 12.4 Å². The molecule has 1 aliphatic rings. The summed E-state index contributed by atoms with van der Waals surface area (Å²) in [6, 6.07) is 13.6. The third-order valence-corrected chi connectivity index (χ3v) is 6.88. The van der Waals surface area contributed by atoms with Crippen LogP contribution in [0.5, 0.6) is 5.75 Å². The molecule has 1 aliphatic carbocycles. The number of aromatic nitrogens is 2. The minimum absolute atomic E-state index is 0.173. The molecule has 0 aliphatic heterocycles. The number of rotatable bonds is 7. The van der Waals surface area contributed by atoms with Crippen LogP contribution in [0.1, 0.15) is 29.5 Å². The maximum absolute atomic E-state index is 12.3. The van der Waals surface area contributed by atoms with Crippen molar-refractivity contribution in [3.05, 3.63) is 71.5 Å². The molecule has 4 rings (SSSR count). The van der Waals surface area contributed by atoms with Crippen LogP contribution in [0.25, 0.3) is 11.1 Å². The van der Waals surface area contributed by atoms with E-state index in [0.29, 0.717) is 36.3 Å². The summed E-state index contributed by atoms with van der Waals surface area (Å²) < 4.78 is 31.7. The third kappa shape index (κ3) is 3.68. The standard InChI is InChI=1S/C21H22N2O4S/c1-15-9-17(19-11-22-23(12-19)28(25,26)20-7-8-20)10-18(13-24)21(15)27-14-16-5-3-2-4-6-16/h2-6,9-12,20,24H,7-8,13-14H2,1H3. The molecule has 3 aromatic rings. The van der Waals surface area contributed by atoms with Crippen LogP contribution in [0.3, 0.4) is 0 Å². The lowest BCUT2D eigenvalue weighted by molar-refractivity contribution is 0.258. The number of aliphatic hydroxyl groups excluding tert-OH is 1. The number of ether oxygens (including phenoxy) is 1. The highest BCUT2D eigenvalue weighted by molar-refractivity contribution is 7.90. The molecule has 1 saturated carbocycles. The summed E-state index contributed by atoms with van der Waals surface area (Å²) in [5.41, 5.74) is 4.06. The van der Waals surface area contributed by atoms with Crippen molar-refractivity contribution in [3.8, 4) is 16.9 Å². The number of hydrogen-bond donors (Lipinski definition) is 1. The Kier molecular flexibility index (Phi) is 4.95. The zero-order chi connectivity index (χ0) is 19.7. The van der Waals surface area contributed by atoms with Crippen LogP contribution in [-0.4, -0.2) is 28.0 Å². The van der Waals surface area contributed by atoms with Gasteiger partial charge in [-0.3, -0.25) is 0 Å². The Bertz CT molecular complexity index is 1090. The lowest BCUT2D eigenvalue weighted by Gasteiger charge is -2.15. The summed E-state index contributed by atoms with van der Waals surface area (Å²) in [6.45, 7) is 2.15. The van der Waals surface area contributed by atoms with Crippen LogP contribution in [0.2, 0.25) is 0 Å². The van der Waals surface area contributed by atoms with Crippen molar-refractivity contribution in [2.24, 2.45) is 0 Å². The van der Waals surface area contributed by atoms with Crippen molar-refractivity contribution in [1.29, 1.82) is 0 Å². The molecule has 1 heterocycles. The second-order valence-electron chi connectivity index (χ2n) is 7.06. The van der Waals surface area contributed by atoms with Gasteiger partial charge >= 0.3 is 0 Å². The minimum Gasteiger partial charge on any atom is -0.488 e. The van der Waals surface area contributed by atoms with Crippen molar-refractivity contribution >= 4 is 10.0 Å². The van der Waals surface area contributed by atoms with Gasteiger partial charge < -0.3 is 9.84 Å². The molecular weight excluding hydrogens is 376 g/mol. The van der Waals surface area contributed by atoms with E-state index in [1.165, 1.54) is 6.20 Å². The minimum atomic E-state index is -3.39.